The third-order valence-electron chi connectivity index (χ3n) is 3.56. The van der Waals surface area contributed by atoms with E-state index < -0.39 is 0 Å². The zero-order valence-corrected chi connectivity index (χ0v) is 9.10. The summed E-state index contributed by atoms with van der Waals surface area (Å²) in [4.78, 5) is 0. The number of hydrogen-bond acceptors (Lipinski definition) is 2. The Morgan fingerprint density at radius 3 is 2.31 bits per heavy atom. The fraction of sp³-hybridized carbons (Fsp3) is 1.00. The molecule has 0 unspecified atom stereocenters. The van der Waals surface area contributed by atoms with E-state index in [9.17, 15) is 5.11 Å². The molecule has 1 saturated carbocycles. The van der Waals surface area contributed by atoms with Crippen molar-refractivity contribution >= 4 is 0 Å². The minimum absolute atomic E-state index is 0.0300. The molecule has 0 aliphatic heterocycles. The molecule has 78 valence electrons. The number of methoxy groups -OCH3 is 1. The summed E-state index contributed by atoms with van der Waals surface area (Å²) < 4.78 is 5.36. The van der Waals surface area contributed by atoms with Gasteiger partial charge < -0.3 is 9.84 Å². The van der Waals surface area contributed by atoms with E-state index >= 15 is 0 Å². The zero-order valence-electron chi connectivity index (χ0n) is 9.10. The molecule has 0 aromatic carbocycles. The predicted molar refractivity (Wildman–Crippen MR) is 53.7 cm³/mol. The van der Waals surface area contributed by atoms with Crippen molar-refractivity contribution in [1.29, 1.82) is 0 Å². The quantitative estimate of drug-likeness (QED) is 0.714. The van der Waals surface area contributed by atoms with Gasteiger partial charge in [0.05, 0.1) is 5.60 Å². The molecule has 0 aromatic rings. The first kappa shape index (κ1) is 11.0. The van der Waals surface area contributed by atoms with Crippen LogP contribution in [0.2, 0.25) is 0 Å². The Kier molecular flexibility index (Phi) is 3.36. The van der Waals surface area contributed by atoms with Crippen LogP contribution in [0.5, 0.6) is 0 Å². The Labute approximate surface area is 81.3 Å². The Balaban J connectivity index is 2.32. The number of aliphatic hydroxyl groups excluding tert-OH is 1. The van der Waals surface area contributed by atoms with Crippen molar-refractivity contribution in [3.8, 4) is 0 Å². The molecule has 0 atom stereocenters. The number of rotatable bonds is 5. The average molecular weight is 186 g/mol. The van der Waals surface area contributed by atoms with Gasteiger partial charge in [-0.3, -0.25) is 0 Å². The molecule has 1 rings (SSSR count). The second kappa shape index (κ2) is 3.97. The molecule has 1 aliphatic rings. The van der Waals surface area contributed by atoms with Crippen LogP contribution in [-0.4, -0.2) is 24.4 Å². The van der Waals surface area contributed by atoms with Crippen LogP contribution in [0.25, 0.3) is 0 Å². The third kappa shape index (κ3) is 2.68. The summed E-state index contributed by atoms with van der Waals surface area (Å²) in [7, 11) is 1.76. The summed E-state index contributed by atoms with van der Waals surface area (Å²) in [5.74, 6) is 0. The minimum atomic E-state index is -0.0300. The Morgan fingerprint density at radius 1 is 1.38 bits per heavy atom. The maximum Gasteiger partial charge on any atom is 0.0623 e. The maximum atomic E-state index is 9.27. The Morgan fingerprint density at radius 2 is 2.00 bits per heavy atom. The fourth-order valence-corrected chi connectivity index (χ4v) is 1.83. The molecular weight excluding hydrogens is 164 g/mol. The maximum absolute atomic E-state index is 9.27. The van der Waals surface area contributed by atoms with E-state index in [4.69, 9.17) is 4.74 Å². The van der Waals surface area contributed by atoms with E-state index in [1.54, 1.807) is 7.11 Å². The molecule has 0 saturated heterocycles. The molecule has 2 nitrogen and oxygen atoms in total. The van der Waals surface area contributed by atoms with Crippen molar-refractivity contribution in [2.45, 2.75) is 51.6 Å². The van der Waals surface area contributed by atoms with Gasteiger partial charge in [-0.25, -0.2) is 0 Å². The van der Waals surface area contributed by atoms with Crippen molar-refractivity contribution in [2.75, 3.05) is 13.7 Å². The Bertz CT molecular complexity index is 154. The lowest BCUT2D eigenvalue weighted by molar-refractivity contribution is -0.0237. The van der Waals surface area contributed by atoms with Crippen LogP contribution in [0.4, 0.5) is 0 Å². The first-order chi connectivity index (χ1) is 6.04. The normalized spacial score (nSPS) is 21.2. The fourth-order valence-electron chi connectivity index (χ4n) is 1.83. The lowest BCUT2D eigenvalue weighted by atomic mass is 9.66. The molecule has 13 heavy (non-hydrogen) atoms. The van der Waals surface area contributed by atoms with Crippen molar-refractivity contribution < 1.29 is 9.84 Å². The second-order valence-corrected chi connectivity index (χ2v) is 4.98. The highest BCUT2D eigenvalue weighted by molar-refractivity contribution is 4.88. The molecule has 0 amide bonds. The highest BCUT2D eigenvalue weighted by Crippen LogP contribution is 2.45. The smallest absolute Gasteiger partial charge is 0.0623 e. The molecule has 1 aliphatic carbocycles. The van der Waals surface area contributed by atoms with Crippen molar-refractivity contribution in [3.63, 3.8) is 0 Å². The van der Waals surface area contributed by atoms with E-state index in [-0.39, 0.29) is 11.0 Å². The molecule has 0 spiro atoms. The van der Waals surface area contributed by atoms with Gasteiger partial charge >= 0.3 is 0 Å². The van der Waals surface area contributed by atoms with E-state index in [0.717, 1.165) is 12.8 Å². The van der Waals surface area contributed by atoms with Crippen molar-refractivity contribution in [1.82, 2.24) is 0 Å². The van der Waals surface area contributed by atoms with Crippen LogP contribution in [0.15, 0.2) is 0 Å². The first-order valence-electron chi connectivity index (χ1n) is 5.20. The lowest BCUT2D eigenvalue weighted by Crippen LogP contribution is -2.36. The van der Waals surface area contributed by atoms with Crippen LogP contribution >= 0.6 is 0 Å². The van der Waals surface area contributed by atoms with Crippen LogP contribution in [0.1, 0.15) is 46.0 Å². The SMILES string of the molecule is COC(C)(C)CCC1(CO)CCC1. The number of hydrogen-bond donors (Lipinski definition) is 1. The molecule has 2 heteroatoms. The van der Waals surface area contributed by atoms with E-state index in [1.165, 1.54) is 19.3 Å². The standard InChI is InChI=1S/C11H22O2/c1-10(2,13-3)7-8-11(9-12)5-4-6-11/h12H,4-9H2,1-3H3. The third-order valence-corrected chi connectivity index (χ3v) is 3.56. The monoisotopic (exact) mass is 186 g/mol. The van der Waals surface area contributed by atoms with E-state index in [0.29, 0.717) is 6.61 Å². The molecule has 1 N–H and O–H groups in total. The highest BCUT2D eigenvalue weighted by Gasteiger charge is 2.37. The van der Waals surface area contributed by atoms with Gasteiger partial charge in [-0.15, -0.1) is 0 Å². The van der Waals surface area contributed by atoms with Crippen molar-refractivity contribution in [2.24, 2.45) is 5.41 Å². The number of ether oxygens (including phenoxy) is 1. The molecule has 0 bridgehead atoms. The summed E-state index contributed by atoms with van der Waals surface area (Å²) >= 11 is 0. The molecule has 0 heterocycles. The Hall–Kier alpha value is -0.0800. The van der Waals surface area contributed by atoms with E-state index in [1.807, 2.05) is 0 Å². The van der Waals surface area contributed by atoms with Crippen LogP contribution in [0, 0.1) is 5.41 Å². The lowest BCUT2D eigenvalue weighted by Gasteiger charge is -2.42. The number of aliphatic hydroxyl groups is 1. The van der Waals surface area contributed by atoms with Crippen LogP contribution in [-0.2, 0) is 4.74 Å². The van der Waals surface area contributed by atoms with Gasteiger partial charge in [0.1, 0.15) is 0 Å². The second-order valence-electron chi connectivity index (χ2n) is 4.98. The van der Waals surface area contributed by atoms with Crippen LogP contribution < -0.4 is 0 Å². The van der Waals surface area contributed by atoms with Gasteiger partial charge in [0.2, 0.25) is 0 Å². The predicted octanol–water partition coefficient (Wildman–Crippen LogP) is 2.35. The van der Waals surface area contributed by atoms with E-state index in [2.05, 4.69) is 13.8 Å². The van der Waals surface area contributed by atoms with Gasteiger partial charge in [-0.1, -0.05) is 6.42 Å². The summed E-state index contributed by atoms with van der Waals surface area (Å²) in [6, 6.07) is 0. The molecule has 0 aromatic heterocycles. The van der Waals surface area contributed by atoms with Gasteiger partial charge in [-0.2, -0.15) is 0 Å². The average Bonchev–Trinajstić information content (AvgIpc) is 2.03. The van der Waals surface area contributed by atoms with Gasteiger partial charge in [0.25, 0.3) is 0 Å². The summed E-state index contributed by atoms with van der Waals surface area (Å²) in [5.41, 5.74) is 0.216. The highest BCUT2D eigenvalue weighted by atomic mass is 16.5. The van der Waals surface area contributed by atoms with Gasteiger partial charge in [0.15, 0.2) is 0 Å². The largest absolute Gasteiger partial charge is 0.396 e. The molecular formula is C11H22O2. The molecule has 1 fully saturated rings. The van der Waals surface area contributed by atoms with Gasteiger partial charge in [0, 0.05) is 13.7 Å². The van der Waals surface area contributed by atoms with Crippen LogP contribution in [0.3, 0.4) is 0 Å². The first-order valence-corrected chi connectivity index (χ1v) is 5.20. The van der Waals surface area contributed by atoms with Crippen molar-refractivity contribution in [3.05, 3.63) is 0 Å². The summed E-state index contributed by atoms with van der Waals surface area (Å²) in [5, 5.41) is 9.27. The molecule has 0 radical (unpaired) electrons. The van der Waals surface area contributed by atoms with Gasteiger partial charge in [-0.05, 0) is 44.9 Å². The minimum Gasteiger partial charge on any atom is -0.396 e. The summed E-state index contributed by atoms with van der Waals surface area (Å²) in [6.45, 7) is 4.57. The summed E-state index contributed by atoms with van der Waals surface area (Å²) in [6.07, 6.45) is 5.83. The topological polar surface area (TPSA) is 29.5 Å². The zero-order chi connectivity index (χ0) is 9.95.